The van der Waals surface area contributed by atoms with E-state index >= 15 is 0 Å². The number of hydrogen-bond donors (Lipinski definition) is 16. The minimum Gasteiger partial charge on any atom is -1.00 e. The Balaban J connectivity index is -0.0000000332. The predicted molar refractivity (Wildman–Crippen MR) is 396 cm³/mol. The third-order valence-corrected chi connectivity index (χ3v) is 14.1. The van der Waals surface area contributed by atoms with Crippen molar-refractivity contribution in [1.82, 2.24) is 46.7 Å². The molecule has 0 saturated heterocycles. The molecule has 0 heterocycles. The molecule has 103 heavy (non-hydrogen) atoms. The van der Waals surface area contributed by atoms with E-state index in [4.69, 9.17) is 10.5 Å². The van der Waals surface area contributed by atoms with Gasteiger partial charge in [-0.2, -0.15) is 9.74 Å². The summed E-state index contributed by atoms with van der Waals surface area (Å²) >= 11 is 0. The quantitative estimate of drug-likeness (QED) is 0.00727. The standard InChI is InChI=1S/C7H13NO2P2.3C6H14N2O3P2.C6H12N2O2P2.C3H7NO2P2.C3H5NO2P2.2C3H7NO.4BrH.6Li.4H2O/c1-3-7(10)8-5(2)6(9)4-12-11;2*1-3-4(9)7-6(2,11)5(10)8-13-12;1-2-5(10)7-4(3-9)6(11)8-13-12;1-3-5(9)7-4(2)6(10)8-12-11;2*1-2(5)3(6)4-8-7;2*1-2-3(4)5;;;;;;;;;;;;;;/h12H,3-4,11H2,1-2H3;2*11,13H,3,12H2,1-2H3,(H,7,9)(H,8,10);4,9,13H,2-3,12H2,1H3,(H,7,10)(H,8,11);12H,2-3,11H2,1H3,(H,7,9)(H,8,10);8H,7H2,1H3,(H,4,6);7H2,1H3;2*2H2,1H3,(H2,4,5);4*1H;;;;;;;4*1H2/q;;;;;;;;;;;;;6*+1;;;;/p-3. The van der Waals surface area contributed by atoms with Crippen molar-refractivity contribution >= 4 is 221 Å². The first kappa shape index (κ1) is 170. The average Bonchev–Trinajstić information content (AvgIpc) is 0.921. The number of primary amides is 1. The van der Waals surface area contributed by atoms with E-state index in [1.807, 2.05) is 0 Å². The zero-order chi connectivity index (χ0) is 72.1. The number of nitrogens with two attached hydrogens (primary N) is 1. The van der Waals surface area contributed by atoms with Crippen molar-refractivity contribution in [2.45, 2.75) is 146 Å². The summed E-state index contributed by atoms with van der Waals surface area (Å²) < 4.78 is 2.29. The van der Waals surface area contributed by atoms with Crippen molar-refractivity contribution in [3.05, 3.63) is 12.3 Å². The van der Waals surface area contributed by atoms with Crippen LogP contribution >= 0.6 is 121 Å². The summed E-state index contributed by atoms with van der Waals surface area (Å²) in [5, 5.41) is 64.7. The van der Waals surface area contributed by atoms with Gasteiger partial charge in [-0.15, -0.1) is 8.93 Å². The van der Waals surface area contributed by atoms with Gasteiger partial charge in [-0.3, -0.25) is 67.4 Å². The van der Waals surface area contributed by atoms with Gasteiger partial charge in [-0.1, -0.05) is 99.0 Å². The number of halogens is 4. The number of ketones is 3. The maximum absolute atomic E-state index is 11.1. The van der Waals surface area contributed by atoms with Crippen LogP contribution in [-0.2, 0) is 71.9 Å². The molecule has 0 fully saturated rings. The van der Waals surface area contributed by atoms with Gasteiger partial charge < -0.3 is 163 Å². The maximum atomic E-state index is 11.1. The maximum Gasteiger partial charge on any atom is 1.00 e. The second-order valence-corrected chi connectivity index (χ2v) is 26.2. The Bertz CT molecular complexity index is 2320. The van der Waals surface area contributed by atoms with Crippen molar-refractivity contribution in [1.29, 1.82) is 5.41 Å². The molecular weight excluding hydrogens is 1860 g/mol. The van der Waals surface area contributed by atoms with Crippen LogP contribution in [0.3, 0.4) is 0 Å². The smallest absolute Gasteiger partial charge is 1.00 e. The molecular formula is C43H102Br4Li6N13O23P14+3. The molecule has 0 aromatic rings. The molecule has 0 aromatic heterocycles. The number of Topliss-reactive ketones (excluding diaryl/α,β-unsaturated/α-hetero) is 3. The third kappa shape index (κ3) is 126. The fraction of sp³-hybridized carbons (Fsp3) is 0.558. The van der Waals surface area contributed by atoms with Crippen LogP contribution in [0.15, 0.2) is 12.3 Å². The number of amides is 12. The topological polar surface area (TPSA) is 650 Å². The van der Waals surface area contributed by atoms with E-state index in [2.05, 4.69) is 122 Å². The molecule has 0 radical (unpaired) electrons. The Morgan fingerprint density at radius 1 is 0.592 bits per heavy atom. The van der Waals surface area contributed by atoms with E-state index in [-0.39, 0.29) is 315 Å². The van der Waals surface area contributed by atoms with Crippen molar-refractivity contribution in [2.24, 2.45) is 5.73 Å². The number of carbonyl (C=O) groups excluding carboxylic acids is 15. The van der Waals surface area contributed by atoms with Gasteiger partial charge in [0.15, 0.2) is 0 Å². The molecule has 0 aromatic carbocycles. The largest absolute Gasteiger partial charge is 1.00 e. The van der Waals surface area contributed by atoms with E-state index in [1.165, 1.54) is 27.7 Å². The molecule has 0 saturated carbocycles. The van der Waals surface area contributed by atoms with Crippen LogP contribution in [0.4, 0.5) is 0 Å². The summed E-state index contributed by atoms with van der Waals surface area (Å²) in [7, 11) is 17.9. The third-order valence-electron chi connectivity index (χ3n) is 8.09. The number of nitrogens with one attached hydrogen (secondary N) is 12. The zero-order valence-electron chi connectivity index (χ0n) is 61.2. The van der Waals surface area contributed by atoms with Crippen LogP contribution in [0.5, 0.6) is 0 Å². The number of hydrogen-bond acceptors (Lipinski definition) is 21. The predicted octanol–water partition coefficient (Wildman–Crippen LogP) is -35.2. The Labute approximate surface area is 746 Å². The average molecular weight is 1960 g/mol. The molecule has 0 spiro atoms. The molecule has 0 aliphatic heterocycles. The van der Waals surface area contributed by atoms with E-state index in [0.717, 1.165) is 0 Å². The number of carbonyl (C=O) groups is 15. The molecule has 0 rings (SSSR count). The van der Waals surface area contributed by atoms with E-state index < -0.39 is 58.6 Å². The van der Waals surface area contributed by atoms with Crippen molar-refractivity contribution in [2.75, 3.05) is 12.8 Å². The second-order valence-electron chi connectivity index (χ2n) is 15.7. The Kier molecular flexibility index (Phi) is 190. The first-order valence-corrected chi connectivity index (χ1v) is 45.4. The van der Waals surface area contributed by atoms with Gasteiger partial charge in [0.25, 0.3) is 29.4 Å². The minimum atomic E-state index is -1.82. The fourth-order valence-electron chi connectivity index (χ4n) is 3.21. The monoisotopic (exact) mass is 1960 g/mol. The van der Waals surface area contributed by atoms with Gasteiger partial charge in [-0.25, -0.2) is 9.59 Å². The first-order chi connectivity index (χ1) is 41.1. The van der Waals surface area contributed by atoms with Crippen molar-refractivity contribution < 1.29 is 305 Å². The number of rotatable bonds is 26. The van der Waals surface area contributed by atoms with Crippen LogP contribution in [0.1, 0.15) is 128 Å². The Morgan fingerprint density at radius 3 is 1.15 bits per heavy atom. The fourth-order valence-corrected chi connectivity index (χ4v) is 8.61. The van der Waals surface area contributed by atoms with E-state index in [9.17, 15) is 87.2 Å². The molecule has 578 valence electrons. The summed E-state index contributed by atoms with van der Waals surface area (Å²) in [5.41, 5.74) is 1.56. The molecule has 16 atom stereocenters. The van der Waals surface area contributed by atoms with Gasteiger partial charge in [0, 0.05) is 68.0 Å². The Morgan fingerprint density at radius 2 is 0.932 bits per heavy atom. The van der Waals surface area contributed by atoms with E-state index in [0.29, 0.717) is 68.7 Å². The van der Waals surface area contributed by atoms with Crippen LogP contribution in [0.2, 0.25) is 0 Å². The van der Waals surface area contributed by atoms with Crippen LogP contribution in [-0.4, -0.2) is 167 Å². The van der Waals surface area contributed by atoms with Gasteiger partial charge in [-0.05, 0) is 68.8 Å². The van der Waals surface area contributed by atoms with Crippen LogP contribution in [0, 0.1) is 5.41 Å². The van der Waals surface area contributed by atoms with Gasteiger partial charge in [0.2, 0.25) is 72.2 Å². The normalized spacial score (nSPS) is 10.4. The molecule has 12 amide bonds. The molecule has 24 N–H and O–H groups in total. The van der Waals surface area contributed by atoms with Crippen LogP contribution in [0.25, 0.3) is 0 Å². The summed E-state index contributed by atoms with van der Waals surface area (Å²) in [6, 6.07) is -0.833. The summed E-state index contributed by atoms with van der Waals surface area (Å²) in [5.74, 6) is -5.85. The van der Waals surface area contributed by atoms with E-state index in [1.54, 1.807) is 64.3 Å². The number of aliphatic hydroxyl groups is 3. The molecule has 0 aliphatic rings. The molecule has 16 unspecified atom stereocenters. The van der Waals surface area contributed by atoms with Gasteiger partial charge >= 0.3 is 125 Å². The van der Waals surface area contributed by atoms with Crippen molar-refractivity contribution in [3.8, 4) is 0 Å². The minimum absolute atomic E-state index is 0. The second kappa shape index (κ2) is 116. The van der Waals surface area contributed by atoms with Crippen molar-refractivity contribution in [3.63, 3.8) is 0 Å². The van der Waals surface area contributed by atoms with Crippen LogP contribution < -0.4 is 248 Å². The first-order valence-electron chi connectivity index (χ1n) is 25.3. The summed E-state index contributed by atoms with van der Waals surface area (Å²) in [6.07, 6.45) is 2.79. The molecule has 0 bridgehead atoms. The molecule has 36 nitrogen and oxygen atoms in total. The number of aliphatic hydroxyl groups excluding tert-OH is 1. The summed E-state index contributed by atoms with van der Waals surface area (Å²) in [4.78, 5) is 163. The Hall–Kier alpha value is 2.84. The SMILES string of the molecule is C=C(NC(=O)CC)C(=O)NPP.CC(=O)C(=O)NP[PH3+].CC(=O)C(=O)[NH+]=PP.CCC(=N)[O-].CCC(=O)NC(C)(O)C(=O)NPP.CCC(=O)NC(C)(O)C(=O)NPP.CCC(=O)NC(CO)C(=O)NPP.CCC(=O)[NH+]=C(C)C(=O)CPP.CCC(N)=O.O.O.O.[Br-].[Br-].[Br-].[Br-].[Li+].[Li+].[Li+].[Li+].[Li+].[Li+].[OH-]. The summed E-state index contributed by atoms with van der Waals surface area (Å²) in [6.45, 7) is 21.4. The van der Waals surface area contributed by atoms with Gasteiger partial charge in [0.05, 0.1) is 18.7 Å². The molecule has 0 aliphatic carbocycles. The zero-order valence-corrected chi connectivity index (χ0v) is 82.8. The van der Waals surface area contributed by atoms with Gasteiger partial charge in [0.1, 0.15) is 14.5 Å². The molecule has 60 heteroatoms.